The van der Waals surface area contributed by atoms with Crippen LogP contribution in [-0.2, 0) is 92.8 Å². The highest BCUT2D eigenvalue weighted by atomic mass is 16.3. The first kappa shape index (κ1) is 111. The lowest BCUT2D eigenvalue weighted by molar-refractivity contribution is -0.138. The minimum atomic E-state index is -2.04. The lowest BCUT2D eigenvalue weighted by Crippen LogP contribution is -2.63. The van der Waals surface area contributed by atoms with E-state index in [9.17, 15) is 82.4 Å². The number of aromatic nitrogens is 4. The van der Waals surface area contributed by atoms with Crippen molar-refractivity contribution >= 4 is 101 Å². The molecule has 0 aliphatic heterocycles. The standard InChI is InChI=1S/C88H143N27O17/c1-7-9-10-11-12-13-14-15-16-17-18-19-20-24-33-71(120)104-65(42-55-28-22-21-23-29-55)79(126)106-60(30-25-38-99-86(91)92)75(122)105-61(31-26-39-100-87(93)94)76(123)109-64(41-52(3)4)78(125)111-67(45-58-48-98-51-103-58)80(127)113-69(49-116)83(130)115-73(54(6)117)85(132)107-62(32-27-40-101-88(95)96)77(124)112-68(46-70(89)119)81(128)110-66(43-56-34-36-59(118)37-35-56)82(129)114-72(53(5)8-2)84(131)108-63(74(90)121)44-57-47-97-50-102-57/h21-23,28-29,34-37,47-48,50-54,60-69,72-73,116-118H,7-20,24-27,30-33,38-46,49H2,1-6H3,(H2,89,119)(H2,90,121)(H,97,102)(H,98,103)(H,104,120)(H,105,122)(H,106,126)(H,107,132)(H,108,131)(H,109,123)(H,110,128)(H,111,125)(H,112,124)(H,113,127)(H,114,129)(H,115,130)(H4,91,92,99)(H4,93,94,100)(H4,95,96,101)/t53-,54+,60-,61-,62-,63-,64-,65-,66-,67-,68-,69-,72-,73-/m0/s1. The number of hydrogen-bond acceptors (Lipinski definition) is 22. The molecule has 4 aromatic rings. The summed E-state index contributed by atoms with van der Waals surface area (Å²) in [7, 11) is 0. The van der Waals surface area contributed by atoms with E-state index in [0.29, 0.717) is 29.7 Å². The number of nitrogens with two attached hydrogens (primary N) is 5. The topological polar surface area (TPSA) is 739 Å². The van der Waals surface area contributed by atoms with Crippen LogP contribution in [0, 0.1) is 28.1 Å². The number of H-pyrrole nitrogens is 2. The number of aromatic hydroxyl groups is 1. The third-order valence-electron chi connectivity index (χ3n) is 21.8. The van der Waals surface area contributed by atoms with Gasteiger partial charge in [-0.2, -0.15) is 0 Å². The number of phenolic OH excluding ortho intramolecular Hbond substituents is 1. The van der Waals surface area contributed by atoms with Crippen molar-refractivity contribution in [2.45, 2.75) is 300 Å². The molecule has 0 saturated carbocycles. The van der Waals surface area contributed by atoms with E-state index in [-0.39, 0.29) is 119 Å². The third kappa shape index (κ3) is 44.5. The summed E-state index contributed by atoms with van der Waals surface area (Å²) in [4.78, 5) is 213. The summed E-state index contributed by atoms with van der Waals surface area (Å²) < 4.78 is 0. The van der Waals surface area contributed by atoms with Crippen molar-refractivity contribution in [2.75, 3.05) is 26.2 Å². The van der Waals surface area contributed by atoms with Crippen molar-refractivity contribution in [3.05, 3.63) is 102 Å². The van der Waals surface area contributed by atoms with Crippen LogP contribution in [0.5, 0.6) is 5.75 Å². The van der Waals surface area contributed by atoms with Crippen LogP contribution in [0.25, 0.3) is 0 Å². The van der Waals surface area contributed by atoms with Crippen LogP contribution in [0.3, 0.4) is 0 Å². The molecular weight excluding hydrogens is 1710 g/mol. The molecule has 44 nitrogen and oxygen atoms in total. The van der Waals surface area contributed by atoms with E-state index in [0.717, 1.165) is 32.6 Å². The Bertz CT molecular complexity index is 4280. The smallest absolute Gasteiger partial charge is 0.245 e. The first-order valence-corrected chi connectivity index (χ1v) is 45.4. The van der Waals surface area contributed by atoms with Crippen molar-refractivity contribution in [3.63, 3.8) is 0 Å². The molecule has 0 bridgehead atoms. The van der Waals surface area contributed by atoms with Gasteiger partial charge in [-0.05, 0) is 93.4 Å². The summed E-state index contributed by atoms with van der Waals surface area (Å²) in [6.07, 6.45) is 17.5. The molecule has 0 aliphatic carbocycles. The van der Waals surface area contributed by atoms with Crippen LogP contribution >= 0.6 is 0 Å². The van der Waals surface area contributed by atoms with E-state index in [1.54, 1.807) is 58.0 Å². The number of nitrogens with zero attached hydrogens (tertiary/aromatic N) is 2. The van der Waals surface area contributed by atoms with Gasteiger partial charge in [0.15, 0.2) is 17.9 Å². The first-order valence-electron chi connectivity index (χ1n) is 45.4. The summed E-state index contributed by atoms with van der Waals surface area (Å²) in [6, 6.07) is -4.89. The zero-order valence-corrected chi connectivity index (χ0v) is 76.6. The van der Waals surface area contributed by atoms with E-state index in [4.69, 9.17) is 44.9 Å². The monoisotopic (exact) mass is 1850 g/mol. The summed E-state index contributed by atoms with van der Waals surface area (Å²) >= 11 is 0. The van der Waals surface area contributed by atoms with Gasteiger partial charge >= 0.3 is 0 Å². The molecule has 4 rings (SSSR count). The summed E-state index contributed by atoms with van der Waals surface area (Å²) in [6.45, 7) is 8.90. The molecule has 0 radical (unpaired) electrons. The molecule has 0 fully saturated rings. The van der Waals surface area contributed by atoms with E-state index in [1.807, 2.05) is 0 Å². The number of carbonyl (C=O) groups is 14. The Labute approximate surface area is 770 Å². The fourth-order valence-electron chi connectivity index (χ4n) is 14.3. The summed E-state index contributed by atoms with van der Waals surface area (Å²) in [5, 5.41) is 93.9. The van der Waals surface area contributed by atoms with E-state index < -0.39 is 193 Å². The number of hydrogen-bond donors (Lipinski definition) is 28. The quantitative estimate of drug-likeness (QED) is 0.0135. The highest BCUT2D eigenvalue weighted by Gasteiger charge is 2.40. The third-order valence-corrected chi connectivity index (χ3v) is 21.8. The fraction of sp³-hybridized carbons (Fsp3) is 0.602. The molecule has 2 aromatic heterocycles. The second-order valence-corrected chi connectivity index (χ2v) is 33.5. The molecule has 0 aliphatic rings. The molecule has 33 N–H and O–H groups in total. The van der Waals surface area contributed by atoms with E-state index in [1.165, 1.54) is 107 Å². The molecule has 0 spiro atoms. The molecule has 732 valence electrons. The Kier molecular flexibility index (Phi) is 51.9. The zero-order chi connectivity index (χ0) is 97.6. The minimum Gasteiger partial charge on any atom is -0.508 e. The number of aromatic amines is 2. The maximum Gasteiger partial charge on any atom is 0.245 e. The van der Waals surface area contributed by atoms with Gasteiger partial charge < -0.3 is 134 Å². The van der Waals surface area contributed by atoms with Crippen LogP contribution in [0.4, 0.5) is 0 Å². The second-order valence-electron chi connectivity index (χ2n) is 33.5. The number of nitrogens with one attached hydrogen (secondary N) is 20. The number of unbranched alkanes of at least 4 members (excludes halogenated alkanes) is 13. The van der Waals surface area contributed by atoms with Crippen LogP contribution < -0.4 is 108 Å². The Hall–Kier alpha value is -13.0. The van der Waals surface area contributed by atoms with Gasteiger partial charge in [0.2, 0.25) is 82.7 Å². The Balaban J connectivity index is 1.59. The molecule has 2 aromatic carbocycles. The SMILES string of the molecule is CCCCCCCCCCCCCCCCC(=O)N[C@@H](Cc1ccccc1)C(=O)N[C@@H](CCCNC(=N)N)C(=O)N[C@@H](CCCNC(=N)N)C(=O)N[C@@H](CC(C)C)C(=O)N[C@@H](Cc1c[nH]cn1)C(=O)N[C@@H](CO)C(=O)N[C@H](C(=O)N[C@@H](CCCNC(=N)N)C(=O)N[C@@H](CC(N)=O)C(=O)N[C@@H](Cc1ccc(O)cc1)C(=O)N[C@H](C(=O)N[C@@H](Cc1c[nH]cn1)C(N)=O)[C@@H](C)CC)[C@@H](C)O. The molecule has 44 heteroatoms. The number of primary amides is 2. The predicted molar refractivity (Wildman–Crippen MR) is 493 cm³/mol. The normalized spacial score (nSPS) is 14.3. The van der Waals surface area contributed by atoms with Gasteiger partial charge in [0.05, 0.1) is 43.2 Å². The minimum absolute atomic E-state index is 0.0310. The average molecular weight is 1850 g/mol. The predicted octanol–water partition coefficient (Wildman–Crippen LogP) is -1.59. The maximum atomic E-state index is 14.9. The number of carbonyl (C=O) groups excluding carboxylic acids is 14. The molecule has 0 unspecified atom stereocenters. The molecular formula is C88H143N27O17. The van der Waals surface area contributed by atoms with Gasteiger partial charge in [-0.15, -0.1) is 0 Å². The number of imidazole rings is 2. The number of aliphatic hydroxyl groups is 2. The highest BCUT2D eigenvalue weighted by molar-refractivity contribution is 6.01. The largest absolute Gasteiger partial charge is 0.508 e. The van der Waals surface area contributed by atoms with E-state index >= 15 is 0 Å². The molecule has 14 amide bonds. The van der Waals surface area contributed by atoms with Gasteiger partial charge in [-0.1, -0.05) is 167 Å². The summed E-state index contributed by atoms with van der Waals surface area (Å²) in [5.74, 6) is -16.3. The molecule has 14 atom stereocenters. The lowest BCUT2D eigenvalue weighted by atomic mass is 9.96. The van der Waals surface area contributed by atoms with Crippen molar-refractivity contribution in [2.24, 2.45) is 40.5 Å². The zero-order valence-electron chi connectivity index (χ0n) is 76.6. The van der Waals surface area contributed by atoms with E-state index in [2.05, 4.69) is 107 Å². The van der Waals surface area contributed by atoms with Crippen molar-refractivity contribution < 1.29 is 82.4 Å². The van der Waals surface area contributed by atoms with Gasteiger partial charge in [0, 0.05) is 64.1 Å². The van der Waals surface area contributed by atoms with Crippen molar-refractivity contribution in [1.29, 1.82) is 16.2 Å². The highest BCUT2D eigenvalue weighted by Crippen LogP contribution is 2.19. The van der Waals surface area contributed by atoms with Gasteiger partial charge in [0.25, 0.3) is 0 Å². The Morgan fingerprint density at radius 2 is 0.750 bits per heavy atom. The summed E-state index contributed by atoms with van der Waals surface area (Å²) in [5.41, 5.74) is 29.6. The van der Waals surface area contributed by atoms with Gasteiger partial charge in [0.1, 0.15) is 78.3 Å². The van der Waals surface area contributed by atoms with Crippen LogP contribution in [0.15, 0.2) is 79.6 Å². The van der Waals surface area contributed by atoms with Gasteiger partial charge in [-0.3, -0.25) is 83.4 Å². The molecule has 0 saturated heterocycles. The second kappa shape index (κ2) is 61.5. The maximum absolute atomic E-state index is 14.9. The number of phenols is 1. The number of amides is 14. The van der Waals surface area contributed by atoms with Gasteiger partial charge in [-0.25, -0.2) is 9.97 Å². The van der Waals surface area contributed by atoms with Crippen molar-refractivity contribution in [1.82, 2.24) is 99.7 Å². The average Bonchev–Trinajstić information content (AvgIpc) is 0.919. The lowest BCUT2D eigenvalue weighted by Gasteiger charge is -2.29. The fourth-order valence-corrected chi connectivity index (χ4v) is 14.3. The molecule has 132 heavy (non-hydrogen) atoms. The number of rotatable bonds is 67. The van der Waals surface area contributed by atoms with Crippen LogP contribution in [-0.4, -0.2) is 241 Å². The van der Waals surface area contributed by atoms with Crippen molar-refractivity contribution in [3.8, 4) is 5.75 Å². The Morgan fingerprint density at radius 1 is 0.394 bits per heavy atom. The first-order chi connectivity index (χ1) is 62.9. The van der Waals surface area contributed by atoms with Crippen LogP contribution in [0.2, 0.25) is 0 Å². The Morgan fingerprint density at radius 3 is 1.17 bits per heavy atom. The molecule has 2 heterocycles. The number of guanidine groups is 3. The number of benzene rings is 2. The number of aliphatic hydroxyl groups excluding tert-OH is 2. The van der Waals surface area contributed by atoms with Crippen LogP contribution in [0.1, 0.15) is 218 Å².